The molecule has 0 heterocycles. The summed E-state index contributed by atoms with van der Waals surface area (Å²) in [6.07, 6.45) is 23.8. The van der Waals surface area contributed by atoms with Gasteiger partial charge in [-0.3, -0.25) is 9.59 Å². The Labute approximate surface area is 219 Å². The number of carbonyl (C=O) groups is 2. The molecule has 1 amide bonds. The molecular formula is C33H47NO2. The summed E-state index contributed by atoms with van der Waals surface area (Å²) in [5, 5.41) is 2.95. The first-order chi connectivity index (χ1) is 17.7. The van der Waals surface area contributed by atoms with Crippen molar-refractivity contribution in [3.63, 3.8) is 0 Å². The lowest BCUT2D eigenvalue weighted by atomic mass is 10.0. The quantitative estimate of drug-likeness (QED) is 0.114. The van der Waals surface area contributed by atoms with Gasteiger partial charge in [0.05, 0.1) is 0 Å². The summed E-state index contributed by atoms with van der Waals surface area (Å²) < 4.78 is 0. The Kier molecular flexibility index (Phi) is 16.0. The minimum absolute atomic E-state index is 0.0467. The Hall–Kier alpha value is -2.68. The van der Waals surface area contributed by atoms with Gasteiger partial charge in [0.15, 0.2) is 5.78 Å². The number of nitrogens with one attached hydrogen (secondary N) is 1. The second-order valence-corrected chi connectivity index (χ2v) is 9.93. The minimum Gasteiger partial charge on any atom is -0.326 e. The van der Waals surface area contributed by atoms with Crippen LogP contribution in [-0.4, -0.2) is 11.7 Å². The van der Waals surface area contributed by atoms with Gasteiger partial charge in [-0.05, 0) is 42.3 Å². The lowest BCUT2D eigenvalue weighted by Gasteiger charge is -2.06. The van der Waals surface area contributed by atoms with Gasteiger partial charge >= 0.3 is 0 Å². The summed E-state index contributed by atoms with van der Waals surface area (Å²) in [5.74, 6) is 0.00211. The van der Waals surface area contributed by atoms with Gasteiger partial charge in [-0.1, -0.05) is 133 Å². The van der Waals surface area contributed by atoms with Crippen LogP contribution in [0.5, 0.6) is 0 Å². The van der Waals surface area contributed by atoms with Gasteiger partial charge in [0.25, 0.3) is 0 Å². The Morgan fingerprint density at radius 2 is 1.14 bits per heavy atom. The lowest BCUT2D eigenvalue weighted by Crippen LogP contribution is -2.11. The summed E-state index contributed by atoms with van der Waals surface area (Å²) >= 11 is 0. The van der Waals surface area contributed by atoms with Crippen molar-refractivity contribution >= 4 is 23.5 Å². The Morgan fingerprint density at radius 3 is 1.67 bits per heavy atom. The van der Waals surface area contributed by atoms with Crippen molar-refractivity contribution in [2.24, 2.45) is 0 Å². The molecule has 36 heavy (non-hydrogen) atoms. The molecule has 0 aliphatic heterocycles. The predicted octanol–water partition coefficient (Wildman–Crippen LogP) is 9.78. The van der Waals surface area contributed by atoms with Gasteiger partial charge in [0, 0.05) is 17.7 Å². The highest BCUT2D eigenvalue weighted by Crippen LogP contribution is 2.15. The summed E-state index contributed by atoms with van der Waals surface area (Å²) in [5.41, 5.74) is 2.35. The monoisotopic (exact) mass is 489 g/mol. The first-order valence-electron chi connectivity index (χ1n) is 14.4. The van der Waals surface area contributed by atoms with E-state index in [1.165, 1.54) is 83.5 Å². The molecule has 0 fully saturated rings. The summed E-state index contributed by atoms with van der Waals surface area (Å²) in [7, 11) is 0. The van der Waals surface area contributed by atoms with Crippen molar-refractivity contribution in [3.05, 3.63) is 71.8 Å². The molecule has 0 aliphatic rings. The fraction of sp³-hybridized carbons (Fsp3) is 0.515. The fourth-order valence-corrected chi connectivity index (χ4v) is 4.43. The topological polar surface area (TPSA) is 46.2 Å². The van der Waals surface area contributed by atoms with Crippen LogP contribution in [0.25, 0.3) is 6.08 Å². The van der Waals surface area contributed by atoms with Crippen LogP contribution in [0, 0.1) is 0 Å². The zero-order chi connectivity index (χ0) is 25.7. The van der Waals surface area contributed by atoms with Crippen LogP contribution >= 0.6 is 0 Å². The smallest absolute Gasteiger partial charge is 0.224 e. The fourth-order valence-electron chi connectivity index (χ4n) is 4.43. The van der Waals surface area contributed by atoms with E-state index in [0.717, 1.165) is 24.1 Å². The van der Waals surface area contributed by atoms with E-state index in [9.17, 15) is 9.59 Å². The highest BCUT2D eigenvalue weighted by atomic mass is 16.1. The molecule has 2 aromatic rings. The lowest BCUT2D eigenvalue weighted by molar-refractivity contribution is -0.116. The third kappa shape index (κ3) is 14.0. The standard InChI is InChI=1S/C33H47NO2/c1-2-3-4-5-6-7-8-9-10-11-12-13-14-15-19-22-33(36)34-31-26-24-30(25-27-31)32(35)28-23-29-20-17-16-18-21-29/h16-18,20-21,23-28H,2-15,19,22H2,1H3,(H,34,36)/b28-23+. The second kappa shape index (κ2) is 19.5. The highest BCUT2D eigenvalue weighted by Gasteiger charge is 2.05. The van der Waals surface area contributed by atoms with Gasteiger partial charge < -0.3 is 5.32 Å². The number of unbranched alkanes of at least 4 members (excludes halogenated alkanes) is 14. The number of benzene rings is 2. The number of hydrogen-bond acceptors (Lipinski definition) is 2. The molecule has 0 bridgehead atoms. The van der Waals surface area contributed by atoms with Crippen molar-refractivity contribution in [1.29, 1.82) is 0 Å². The largest absolute Gasteiger partial charge is 0.326 e. The van der Waals surface area contributed by atoms with Crippen LogP contribution in [0.2, 0.25) is 0 Å². The van der Waals surface area contributed by atoms with E-state index in [1.54, 1.807) is 30.3 Å². The molecule has 2 aromatic carbocycles. The number of ketones is 1. The maximum Gasteiger partial charge on any atom is 0.224 e. The summed E-state index contributed by atoms with van der Waals surface area (Å²) in [6, 6.07) is 16.9. The van der Waals surface area contributed by atoms with Crippen molar-refractivity contribution in [2.45, 2.75) is 110 Å². The van der Waals surface area contributed by atoms with Crippen molar-refractivity contribution < 1.29 is 9.59 Å². The predicted molar refractivity (Wildman–Crippen MR) is 154 cm³/mol. The third-order valence-electron chi connectivity index (χ3n) is 6.69. The van der Waals surface area contributed by atoms with Crippen LogP contribution in [0.3, 0.4) is 0 Å². The van der Waals surface area contributed by atoms with E-state index in [2.05, 4.69) is 12.2 Å². The molecule has 196 valence electrons. The van der Waals surface area contributed by atoms with E-state index >= 15 is 0 Å². The number of carbonyl (C=O) groups excluding carboxylic acids is 2. The Morgan fingerprint density at radius 1 is 0.639 bits per heavy atom. The van der Waals surface area contributed by atoms with Gasteiger partial charge in [0.2, 0.25) is 5.91 Å². The molecule has 0 saturated heterocycles. The van der Waals surface area contributed by atoms with Crippen molar-refractivity contribution in [2.75, 3.05) is 5.32 Å². The highest BCUT2D eigenvalue weighted by molar-refractivity contribution is 6.07. The number of allylic oxidation sites excluding steroid dienone is 1. The van der Waals surface area contributed by atoms with Crippen molar-refractivity contribution in [1.82, 2.24) is 0 Å². The zero-order valence-corrected chi connectivity index (χ0v) is 22.5. The molecule has 0 unspecified atom stereocenters. The first kappa shape index (κ1) is 29.5. The number of rotatable bonds is 20. The SMILES string of the molecule is CCCCCCCCCCCCCCCCCC(=O)Nc1ccc(C(=O)/C=C/c2ccccc2)cc1. The minimum atomic E-state index is -0.0467. The Balaban J connectivity index is 1.47. The molecule has 2 rings (SSSR count). The summed E-state index contributed by atoms with van der Waals surface area (Å²) in [4.78, 5) is 24.6. The third-order valence-corrected chi connectivity index (χ3v) is 6.69. The molecular weight excluding hydrogens is 442 g/mol. The molecule has 0 aromatic heterocycles. The van der Waals surface area contributed by atoms with Gasteiger partial charge in [-0.2, -0.15) is 0 Å². The maximum absolute atomic E-state index is 12.3. The zero-order valence-electron chi connectivity index (χ0n) is 22.5. The van der Waals surface area contributed by atoms with Crippen molar-refractivity contribution in [3.8, 4) is 0 Å². The average molecular weight is 490 g/mol. The van der Waals surface area contributed by atoms with Crippen LogP contribution < -0.4 is 5.32 Å². The molecule has 3 nitrogen and oxygen atoms in total. The number of hydrogen-bond donors (Lipinski definition) is 1. The normalized spacial score (nSPS) is 11.1. The molecule has 0 radical (unpaired) electrons. The number of anilines is 1. The van der Waals surface area contributed by atoms with Crippen LogP contribution in [-0.2, 0) is 4.79 Å². The van der Waals surface area contributed by atoms with Crippen LogP contribution in [0.4, 0.5) is 5.69 Å². The van der Waals surface area contributed by atoms with E-state index in [1.807, 2.05) is 36.4 Å². The van der Waals surface area contributed by atoms with E-state index in [4.69, 9.17) is 0 Å². The molecule has 0 spiro atoms. The average Bonchev–Trinajstić information content (AvgIpc) is 2.90. The Bertz CT molecular complexity index is 870. The number of amides is 1. The molecule has 3 heteroatoms. The molecule has 0 saturated carbocycles. The van der Waals surface area contributed by atoms with E-state index in [0.29, 0.717) is 12.0 Å². The van der Waals surface area contributed by atoms with Crippen LogP contribution in [0.1, 0.15) is 126 Å². The molecule has 1 N–H and O–H groups in total. The van der Waals surface area contributed by atoms with E-state index < -0.39 is 0 Å². The molecule has 0 atom stereocenters. The molecule has 0 aliphatic carbocycles. The first-order valence-corrected chi connectivity index (χ1v) is 14.4. The van der Waals surface area contributed by atoms with Crippen LogP contribution in [0.15, 0.2) is 60.7 Å². The van der Waals surface area contributed by atoms with E-state index in [-0.39, 0.29) is 11.7 Å². The second-order valence-electron chi connectivity index (χ2n) is 9.93. The van der Waals surface area contributed by atoms with Gasteiger partial charge in [0.1, 0.15) is 0 Å². The van der Waals surface area contributed by atoms with Gasteiger partial charge in [-0.25, -0.2) is 0 Å². The van der Waals surface area contributed by atoms with Gasteiger partial charge in [-0.15, -0.1) is 0 Å². The summed E-state index contributed by atoms with van der Waals surface area (Å²) in [6.45, 7) is 2.27. The maximum atomic E-state index is 12.3.